The first-order valence-electron chi connectivity index (χ1n) is 8.86. The summed E-state index contributed by atoms with van der Waals surface area (Å²) in [4.78, 5) is 1.56. The molecule has 0 radical (unpaired) electrons. The van der Waals surface area contributed by atoms with Gasteiger partial charge in [0, 0.05) is 19.6 Å². The Morgan fingerprint density at radius 1 is 0.667 bits per heavy atom. The number of hydrogen-bond donors (Lipinski definition) is 8. The molecule has 0 heterocycles. The number of rotatable bonds is 13. The van der Waals surface area contributed by atoms with Crippen LogP contribution in [-0.2, 0) is 6.42 Å². The Balaban J connectivity index is 2.75. The summed E-state index contributed by atoms with van der Waals surface area (Å²) in [6.45, 7) is -1.38. The van der Waals surface area contributed by atoms with Gasteiger partial charge in [-0.05, 0) is 12.0 Å². The second kappa shape index (κ2) is 12.3. The second-order valence-electron chi connectivity index (χ2n) is 6.61. The summed E-state index contributed by atoms with van der Waals surface area (Å²) in [5, 5.41) is 76.5. The van der Waals surface area contributed by atoms with E-state index in [4.69, 9.17) is 10.2 Å². The van der Waals surface area contributed by atoms with Crippen LogP contribution >= 0.6 is 0 Å². The molecule has 0 saturated carbocycles. The van der Waals surface area contributed by atoms with Gasteiger partial charge in [0.05, 0.1) is 25.4 Å². The van der Waals surface area contributed by atoms with Crippen molar-refractivity contribution in [3.8, 4) is 0 Å². The van der Waals surface area contributed by atoms with Crippen LogP contribution in [0.3, 0.4) is 0 Å². The van der Waals surface area contributed by atoms with E-state index in [0.29, 0.717) is 13.0 Å². The van der Waals surface area contributed by atoms with Crippen LogP contribution in [-0.4, -0.2) is 115 Å². The number of nitrogens with zero attached hydrogens (tertiary/aromatic N) is 1. The van der Waals surface area contributed by atoms with Gasteiger partial charge >= 0.3 is 0 Å². The zero-order chi connectivity index (χ0) is 20.4. The zero-order valence-corrected chi connectivity index (χ0v) is 15.1. The molecule has 6 atom stereocenters. The smallest absolute Gasteiger partial charge is 0.109 e. The van der Waals surface area contributed by atoms with Crippen LogP contribution in [0.1, 0.15) is 5.56 Å². The van der Waals surface area contributed by atoms with Crippen LogP contribution in [0, 0.1) is 0 Å². The topological polar surface area (TPSA) is 165 Å². The van der Waals surface area contributed by atoms with Crippen molar-refractivity contribution >= 4 is 0 Å². The minimum atomic E-state index is -1.58. The van der Waals surface area contributed by atoms with Crippen molar-refractivity contribution < 1.29 is 40.9 Å². The lowest BCUT2D eigenvalue weighted by atomic mass is 10.0. The van der Waals surface area contributed by atoms with Gasteiger partial charge in [0.1, 0.15) is 24.4 Å². The van der Waals surface area contributed by atoms with Gasteiger partial charge in [-0.3, -0.25) is 4.90 Å². The first kappa shape index (κ1) is 23.9. The zero-order valence-electron chi connectivity index (χ0n) is 15.1. The van der Waals surface area contributed by atoms with Crippen molar-refractivity contribution in [3.05, 3.63) is 35.9 Å². The van der Waals surface area contributed by atoms with Gasteiger partial charge in [-0.2, -0.15) is 0 Å². The molecule has 1 rings (SSSR count). The molecule has 27 heavy (non-hydrogen) atoms. The number of benzene rings is 1. The molecule has 0 amide bonds. The van der Waals surface area contributed by atoms with Crippen LogP contribution in [0.5, 0.6) is 0 Å². The average molecular weight is 389 g/mol. The highest BCUT2D eigenvalue weighted by atomic mass is 16.4. The first-order chi connectivity index (χ1) is 12.8. The van der Waals surface area contributed by atoms with Crippen molar-refractivity contribution in [2.75, 3.05) is 32.8 Å². The minimum Gasteiger partial charge on any atom is -0.394 e. The first-order valence-corrected chi connectivity index (χ1v) is 8.86. The third kappa shape index (κ3) is 8.18. The SMILES string of the molecule is OC[C@@H](O)[C@H](O)[C@@H](O)CN(CCc1ccccc1)C[C@H](O)[C@@H](O)[C@H](O)CO. The van der Waals surface area contributed by atoms with Crippen LogP contribution in [0.2, 0.25) is 0 Å². The van der Waals surface area contributed by atoms with Crippen molar-refractivity contribution in [2.24, 2.45) is 0 Å². The van der Waals surface area contributed by atoms with Crippen molar-refractivity contribution in [3.63, 3.8) is 0 Å². The van der Waals surface area contributed by atoms with Gasteiger partial charge in [-0.25, -0.2) is 0 Å². The monoisotopic (exact) mass is 389 g/mol. The Bertz CT molecular complexity index is 481. The van der Waals surface area contributed by atoms with Gasteiger partial charge in [-0.15, -0.1) is 0 Å². The fourth-order valence-electron chi connectivity index (χ4n) is 2.66. The number of hydrogen-bond acceptors (Lipinski definition) is 9. The maximum Gasteiger partial charge on any atom is 0.109 e. The van der Waals surface area contributed by atoms with E-state index in [9.17, 15) is 30.6 Å². The Hall–Kier alpha value is -1.14. The van der Waals surface area contributed by atoms with Gasteiger partial charge in [-0.1, -0.05) is 30.3 Å². The molecule has 156 valence electrons. The number of aliphatic hydroxyl groups is 8. The summed E-state index contributed by atoms with van der Waals surface area (Å²) in [5.41, 5.74) is 0.998. The molecular formula is C18H31NO8. The minimum absolute atomic E-state index is 0.149. The molecule has 9 heteroatoms. The molecule has 0 aliphatic carbocycles. The predicted molar refractivity (Wildman–Crippen MR) is 96.8 cm³/mol. The summed E-state index contributed by atoms with van der Waals surface area (Å²) in [7, 11) is 0. The lowest BCUT2D eigenvalue weighted by molar-refractivity contribution is -0.0999. The average Bonchev–Trinajstić information content (AvgIpc) is 2.69. The third-order valence-corrected chi connectivity index (χ3v) is 4.40. The second-order valence-corrected chi connectivity index (χ2v) is 6.61. The van der Waals surface area contributed by atoms with E-state index in [1.807, 2.05) is 30.3 Å². The van der Waals surface area contributed by atoms with Crippen molar-refractivity contribution in [1.29, 1.82) is 0 Å². The summed E-state index contributed by atoms with van der Waals surface area (Å²) < 4.78 is 0. The third-order valence-electron chi connectivity index (χ3n) is 4.40. The molecule has 0 unspecified atom stereocenters. The molecule has 0 aromatic heterocycles. The Morgan fingerprint density at radius 2 is 1.11 bits per heavy atom. The molecule has 1 aromatic rings. The van der Waals surface area contributed by atoms with Crippen LogP contribution in [0.15, 0.2) is 30.3 Å². The Labute approximate surface area is 158 Å². The van der Waals surface area contributed by atoms with E-state index in [1.165, 1.54) is 0 Å². The Kier molecular flexibility index (Phi) is 10.9. The normalized spacial score (nSPS) is 18.7. The maximum atomic E-state index is 10.1. The summed E-state index contributed by atoms with van der Waals surface area (Å²) in [6, 6.07) is 9.41. The van der Waals surface area contributed by atoms with Crippen LogP contribution in [0.4, 0.5) is 0 Å². The van der Waals surface area contributed by atoms with Crippen molar-refractivity contribution in [2.45, 2.75) is 43.0 Å². The Morgan fingerprint density at radius 3 is 1.52 bits per heavy atom. The van der Waals surface area contributed by atoms with Gasteiger partial charge in [0.25, 0.3) is 0 Å². The summed E-state index contributed by atoms with van der Waals surface area (Å²) >= 11 is 0. The molecule has 9 nitrogen and oxygen atoms in total. The molecule has 1 aromatic carbocycles. The molecule has 0 aliphatic rings. The highest BCUT2D eigenvalue weighted by molar-refractivity contribution is 5.14. The van der Waals surface area contributed by atoms with Crippen LogP contribution in [0.25, 0.3) is 0 Å². The van der Waals surface area contributed by atoms with Gasteiger partial charge in [0.2, 0.25) is 0 Å². The molecule has 8 N–H and O–H groups in total. The van der Waals surface area contributed by atoms with E-state index >= 15 is 0 Å². The highest BCUT2D eigenvalue weighted by Crippen LogP contribution is 2.09. The lowest BCUT2D eigenvalue weighted by Gasteiger charge is -2.32. The molecule has 0 saturated heterocycles. The van der Waals surface area contributed by atoms with E-state index in [1.54, 1.807) is 4.90 Å². The molecule has 0 bridgehead atoms. The molecule has 0 aliphatic heterocycles. The molecule has 0 fully saturated rings. The lowest BCUT2D eigenvalue weighted by Crippen LogP contribution is -2.50. The maximum absolute atomic E-state index is 10.1. The summed E-state index contributed by atoms with van der Waals surface area (Å²) in [5.74, 6) is 0. The van der Waals surface area contributed by atoms with E-state index in [2.05, 4.69) is 0 Å². The highest BCUT2D eigenvalue weighted by Gasteiger charge is 2.29. The van der Waals surface area contributed by atoms with Gasteiger partial charge < -0.3 is 40.9 Å². The predicted octanol–water partition coefficient (Wildman–Crippen LogP) is -3.32. The standard InChI is InChI=1S/C18H31NO8/c20-10-15(24)17(26)13(22)8-19(7-6-12-4-2-1-3-5-12)9-14(23)18(27)16(25)11-21/h1-5,13-18,20-27H,6-11H2/t13-,14-,15+,16+,17+,18+/m0/s1. The fraction of sp³-hybridized carbons (Fsp3) is 0.667. The van der Waals surface area contributed by atoms with E-state index in [-0.39, 0.29) is 13.1 Å². The van der Waals surface area contributed by atoms with Crippen LogP contribution < -0.4 is 0 Å². The summed E-state index contributed by atoms with van der Waals surface area (Å²) in [6.07, 6.45) is -8.45. The fourth-order valence-corrected chi connectivity index (χ4v) is 2.66. The quantitative estimate of drug-likeness (QED) is 0.172. The largest absolute Gasteiger partial charge is 0.394 e. The number of aliphatic hydroxyl groups excluding tert-OH is 8. The molecular weight excluding hydrogens is 358 g/mol. The van der Waals surface area contributed by atoms with Gasteiger partial charge in [0.15, 0.2) is 0 Å². The molecule has 0 spiro atoms. The van der Waals surface area contributed by atoms with Crippen molar-refractivity contribution in [1.82, 2.24) is 4.90 Å². The van der Waals surface area contributed by atoms with E-state index in [0.717, 1.165) is 5.56 Å². The van der Waals surface area contributed by atoms with E-state index < -0.39 is 49.8 Å².